The molecule has 0 rings (SSSR count). The maximum atomic E-state index is 10.5. The second-order valence-corrected chi connectivity index (χ2v) is 2.70. The van der Waals surface area contributed by atoms with Crippen molar-refractivity contribution in [2.45, 2.75) is 19.8 Å². The number of carboxylic acid groups (broad SMARTS) is 1. The Hall–Kier alpha value is -1.46. The molecule has 0 heterocycles. The second kappa shape index (κ2) is 9.11. The summed E-state index contributed by atoms with van der Waals surface area (Å²) >= 11 is -3.79. The van der Waals surface area contributed by atoms with Crippen molar-refractivity contribution < 1.29 is 49.6 Å². The summed E-state index contributed by atoms with van der Waals surface area (Å²) in [5.41, 5.74) is 0. The van der Waals surface area contributed by atoms with Crippen LogP contribution in [0.2, 0.25) is 0 Å². The third kappa shape index (κ3) is 24.5. The first kappa shape index (κ1) is 16.0. The summed E-state index contributed by atoms with van der Waals surface area (Å²) < 4.78 is 29.7. The van der Waals surface area contributed by atoms with Crippen molar-refractivity contribution >= 4 is 17.9 Å². The molecule has 0 bridgehead atoms. The molecule has 0 aromatic carbocycles. The number of carbonyl (C=O) groups is 3. The Balaban J connectivity index is 0. The van der Waals surface area contributed by atoms with E-state index in [1.807, 2.05) is 0 Å². The molecule has 9 heteroatoms. The van der Waals surface area contributed by atoms with Crippen molar-refractivity contribution in [1.82, 2.24) is 0 Å². The van der Waals surface area contributed by atoms with Gasteiger partial charge in [-0.25, -0.2) is 0 Å². The van der Waals surface area contributed by atoms with E-state index in [0.717, 1.165) is 6.92 Å². The second-order valence-electron chi connectivity index (χ2n) is 2.06. The van der Waals surface area contributed by atoms with Gasteiger partial charge in [0.1, 0.15) is 0 Å². The molecule has 0 saturated carbocycles. The van der Waals surface area contributed by atoms with Gasteiger partial charge in [0.15, 0.2) is 0 Å². The molecule has 0 amide bonds. The van der Waals surface area contributed by atoms with Crippen molar-refractivity contribution in [2.75, 3.05) is 0 Å². The van der Waals surface area contributed by atoms with Crippen molar-refractivity contribution in [3.05, 3.63) is 0 Å². The number of hydrogen-bond acceptors (Lipinski definition) is 7. The van der Waals surface area contributed by atoms with Gasteiger partial charge in [-0.1, -0.05) is 0 Å². The molecule has 8 nitrogen and oxygen atoms in total. The van der Waals surface area contributed by atoms with E-state index < -0.39 is 31.9 Å². The van der Waals surface area contributed by atoms with Gasteiger partial charge in [-0.15, -0.1) is 0 Å². The zero-order chi connectivity index (χ0) is 12.4. The fourth-order valence-corrected chi connectivity index (χ4v) is 0.420. The topological polar surface area (TPSA) is 132 Å². The average Bonchev–Trinajstić information content (AvgIpc) is 1.98. The van der Waals surface area contributed by atoms with Crippen LogP contribution in [0.5, 0.6) is 0 Å². The van der Waals surface area contributed by atoms with Gasteiger partial charge in [0.2, 0.25) is 0 Å². The zero-order valence-corrected chi connectivity index (χ0v) is 8.90. The number of hydrogen-bond donors (Lipinski definition) is 1. The summed E-state index contributed by atoms with van der Waals surface area (Å²) in [5, 5.41) is 8.10. The molecule has 0 radical (unpaired) electrons. The molecule has 0 fully saturated rings. The number of rotatable bonds is 3. The molecule has 0 spiro atoms. The van der Waals surface area contributed by atoms with Crippen molar-refractivity contribution in [1.29, 1.82) is 0 Å². The van der Waals surface area contributed by atoms with Gasteiger partial charge in [0, 0.05) is 6.92 Å². The Bertz CT molecular complexity index is 332. The van der Waals surface area contributed by atoms with Crippen LogP contribution in [0.25, 0.3) is 0 Å². The predicted octanol–water partition coefficient (Wildman–Crippen LogP) is -0.418. The summed E-state index contributed by atoms with van der Waals surface area (Å²) in [7, 11) is 0. The molecule has 0 atom stereocenters. The molecule has 0 aliphatic rings. The van der Waals surface area contributed by atoms with E-state index in [-0.39, 0.29) is 12.8 Å². The number of esters is 2. The molecule has 0 aliphatic carbocycles. The first-order valence-corrected chi connectivity index (χ1v) is 5.01. The van der Waals surface area contributed by atoms with Gasteiger partial charge in [0.05, 0.1) is 12.8 Å². The standard InChI is InChI=1S/C6H8O5.Cr.3O/c1-4(7)11-6(10)3-2-5(8)9;;;;/h2-3H2,1H3,(H,8,9);;;;. The molecule has 0 aromatic rings. The van der Waals surface area contributed by atoms with Crippen molar-refractivity contribution in [3.8, 4) is 0 Å². The van der Waals surface area contributed by atoms with E-state index in [1.165, 1.54) is 0 Å². The minimum absolute atomic E-state index is 0.269. The molecule has 0 aliphatic heterocycles. The zero-order valence-electron chi connectivity index (χ0n) is 7.63. The molecular weight excluding hydrogens is 252 g/mol. The van der Waals surface area contributed by atoms with E-state index in [1.54, 1.807) is 0 Å². The van der Waals surface area contributed by atoms with Crippen LogP contribution in [0.3, 0.4) is 0 Å². The molecule has 0 unspecified atom stereocenters. The van der Waals surface area contributed by atoms with Crippen LogP contribution in [0.1, 0.15) is 19.8 Å². The summed E-state index contributed by atoms with van der Waals surface area (Å²) in [5.74, 6) is -2.62. The summed E-state index contributed by atoms with van der Waals surface area (Å²) in [6.45, 7) is 1.08. The molecule has 1 N–H and O–H groups in total. The first-order valence-electron chi connectivity index (χ1n) is 3.45. The van der Waals surface area contributed by atoms with Crippen LogP contribution in [-0.2, 0) is 44.5 Å². The first-order chi connectivity index (χ1) is 6.75. The summed E-state index contributed by atoms with van der Waals surface area (Å²) in [4.78, 5) is 30.5. The molecule has 15 heavy (non-hydrogen) atoms. The van der Waals surface area contributed by atoms with Gasteiger partial charge in [0.25, 0.3) is 0 Å². The SMILES string of the molecule is CC(=O)OC(=O)CCC(=O)O.[O]=[Cr](=[O])=[O]. The van der Waals surface area contributed by atoms with Crippen LogP contribution in [0.15, 0.2) is 0 Å². The quantitative estimate of drug-likeness (QED) is 0.534. The van der Waals surface area contributed by atoms with Crippen LogP contribution in [-0.4, -0.2) is 23.0 Å². The molecular formula is C6H8CrO8. The summed E-state index contributed by atoms with van der Waals surface area (Å²) in [6, 6.07) is 0. The summed E-state index contributed by atoms with van der Waals surface area (Å²) in [6.07, 6.45) is -0.582. The maximum absolute atomic E-state index is 10.5. The third-order valence-electron chi connectivity index (χ3n) is 0.801. The van der Waals surface area contributed by atoms with E-state index in [4.69, 9.17) is 16.5 Å². The number of ether oxygens (including phenoxy) is 1. The average molecular weight is 260 g/mol. The van der Waals surface area contributed by atoms with Gasteiger partial charge < -0.3 is 9.84 Å². The van der Waals surface area contributed by atoms with E-state index in [9.17, 15) is 14.4 Å². The molecule has 0 aromatic heterocycles. The normalized spacial score (nSPS) is 8.07. The van der Waals surface area contributed by atoms with Crippen molar-refractivity contribution in [3.63, 3.8) is 0 Å². The van der Waals surface area contributed by atoms with Gasteiger partial charge in [-0.2, -0.15) is 0 Å². The number of carboxylic acids is 1. The Morgan fingerprint density at radius 1 is 1.13 bits per heavy atom. The monoisotopic (exact) mass is 260 g/mol. The number of carbonyl (C=O) groups excluding carboxylic acids is 2. The minimum atomic E-state index is -3.79. The Morgan fingerprint density at radius 3 is 1.80 bits per heavy atom. The van der Waals surface area contributed by atoms with E-state index >= 15 is 0 Å². The van der Waals surface area contributed by atoms with E-state index in [2.05, 4.69) is 4.74 Å². The molecule has 86 valence electrons. The molecule has 0 saturated heterocycles. The Labute approximate surface area is 87.8 Å². The van der Waals surface area contributed by atoms with Crippen LogP contribution in [0.4, 0.5) is 0 Å². The Kier molecular flexibility index (Phi) is 9.71. The third-order valence-corrected chi connectivity index (χ3v) is 0.801. The van der Waals surface area contributed by atoms with Crippen LogP contribution in [0, 0.1) is 0 Å². The van der Waals surface area contributed by atoms with Gasteiger partial charge in [-0.05, 0) is 0 Å². The van der Waals surface area contributed by atoms with Crippen LogP contribution >= 0.6 is 0 Å². The fraction of sp³-hybridized carbons (Fsp3) is 0.500. The predicted molar refractivity (Wildman–Crippen MR) is 35.7 cm³/mol. The fourth-order valence-electron chi connectivity index (χ4n) is 0.420. The van der Waals surface area contributed by atoms with Gasteiger partial charge in [-0.3, -0.25) is 14.4 Å². The van der Waals surface area contributed by atoms with Crippen molar-refractivity contribution in [2.24, 2.45) is 0 Å². The Morgan fingerprint density at radius 2 is 1.53 bits per heavy atom. The van der Waals surface area contributed by atoms with Crippen LogP contribution < -0.4 is 0 Å². The van der Waals surface area contributed by atoms with Gasteiger partial charge >= 0.3 is 43.3 Å². The number of aliphatic carboxylic acids is 1. The van der Waals surface area contributed by atoms with E-state index in [0.29, 0.717) is 0 Å².